The minimum atomic E-state index is -4.66. The summed E-state index contributed by atoms with van der Waals surface area (Å²) in [5, 5.41) is 10.2. The lowest BCUT2D eigenvalue weighted by molar-refractivity contribution is -0.137. The van der Waals surface area contributed by atoms with E-state index in [4.69, 9.17) is 9.84 Å². The van der Waals surface area contributed by atoms with Crippen LogP contribution in [0, 0.1) is 5.92 Å². The number of alkyl halides is 3. The molecule has 0 aliphatic heterocycles. The summed E-state index contributed by atoms with van der Waals surface area (Å²) < 4.78 is 73.6. The molecule has 0 aliphatic carbocycles. The van der Waals surface area contributed by atoms with Gasteiger partial charge in [-0.25, -0.2) is 9.78 Å². The normalized spacial score (nSPS) is 12.3. The minimum absolute atomic E-state index is 0.00571. The summed E-state index contributed by atoms with van der Waals surface area (Å²) in [5.74, 6) is -1.50. The lowest BCUT2D eigenvalue weighted by atomic mass is 10.1. The van der Waals surface area contributed by atoms with Gasteiger partial charge in [-0.3, -0.25) is 4.31 Å². The highest BCUT2D eigenvalue weighted by molar-refractivity contribution is 7.94. The van der Waals surface area contributed by atoms with Gasteiger partial charge >= 0.3 is 12.1 Å². The van der Waals surface area contributed by atoms with Crippen molar-refractivity contribution in [1.29, 1.82) is 0 Å². The average Bonchev–Trinajstić information content (AvgIpc) is 3.36. The van der Waals surface area contributed by atoms with Gasteiger partial charge in [-0.2, -0.15) is 21.6 Å². The third-order valence-electron chi connectivity index (χ3n) is 4.80. The molecule has 0 saturated heterocycles. The molecule has 0 amide bonds. The maximum absolute atomic E-state index is 13.5. The molecule has 7 nitrogen and oxygen atoms in total. The highest BCUT2D eigenvalue weighted by Crippen LogP contribution is 2.39. The number of thiazole rings is 1. The number of rotatable bonds is 10. The predicted molar refractivity (Wildman–Crippen MR) is 130 cm³/mol. The van der Waals surface area contributed by atoms with Crippen molar-refractivity contribution in [2.24, 2.45) is 5.92 Å². The quantitative estimate of drug-likeness (QED) is 0.332. The van der Waals surface area contributed by atoms with Crippen LogP contribution in [0.25, 0.3) is 6.08 Å². The summed E-state index contributed by atoms with van der Waals surface area (Å²) in [6.07, 6.45) is -0.950. The van der Waals surface area contributed by atoms with Gasteiger partial charge in [0, 0.05) is 24.2 Å². The summed E-state index contributed by atoms with van der Waals surface area (Å²) >= 11 is 0.907. The molecular formula is C24H23F3N2O5S2. The summed E-state index contributed by atoms with van der Waals surface area (Å²) in [5.41, 5.74) is 0.182. The Hall–Kier alpha value is -3.38. The van der Waals surface area contributed by atoms with Gasteiger partial charge in [0.1, 0.15) is 12.4 Å². The first kappa shape index (κ1) is 27.2. The van der Waals surface area contributed by atoms with Crippen LogP contribution in [0.1, 0.15) is 30.5 Å². The van der Waals surface area contributed by atoms with Gasteiger partial charge in [-0.05, 0) is 41.3 Å². The molecule has 36 heavy (non-hydrogen) atoms. The van der Waals surface area contributed by atoms with Crippen LogP contribution in [0.2, 0.25) is 0 Å². The van der Waals surface area contributed by atoms with E-state index >= 15 is 0 Å². The molecule has 2 aromatic carbocycles. The highest BCUT2D eigenvalue weighted by Gasteiger charge is 2.34. The number of hydrogen-bond acceptors (Lipinski definition) is 6. The van der Waals surface area contributed by atoms with E-state index in [-0.39, 0.29) is 34.8 Å². The summed E-state index contributed by atoms with van der Waals surface area (Å²) in [4.78, 5) is 14.5. The van der Waals surface area contributed by atoms with Gasteiger partial charge in [0.25, 0.3) is 10.0 Å². The third-order valence-corrected chi connectivity index (χ3v) is 7.76. The van der Waals surface area contributed by atoms with Crippen LogP contribution in [0.4, 0.5) is 18.9 Å². The number of carboxylic acid groups (broad SMARTS) is 1. The molecule has 3 aromatic rings. The topological polar surface area (TPSA) is 96.8 Å². The summed E-state index contributed by atoms with van der Waals surface area (Å²) in [7, 11) is -4.15. The van der Waals surface area contributed by atoms with Gasteiger partial charge in [0.15, 0.2) is 0 Å². The van der Waals surface area contributed by atoms with Crippen molar-refractivity contribution in [3.05, 3.63) is 76.8 Å². The van der Waals surface area contributed by atoms with Gasteiger partial charge in [-0.1, -0.05) is 38.1 Å². The van der Waals surface area contributed by atoms with Gasteiger partial charge < -0.3 is 9.84 Å². The van der Waals surface area contributed by atoms with Gasteiger partial charge in [0.05, 0.1) is 11.3 Å². The molecule has 0 unspecified atom stereocenters. The van der Waals surface area contributed by atoms with Gasteiger partial charge in [0.2, 0.25) is 4.34 Å². The van der Waals surface area contributed by atoms with Crippen molar-refractivity contribution in [2.45, 2.75) is 31.0 Å². The zero-order chi connectivity index (χ0) is 26.5. The number of anilines is 1. The number of ether oxygens (including phenoxy) is 1. The van der Waals surface area contributed by atoms with Crippen molar-refractivity contribution in [1.82, 2.24) is 4.98 Å². The molecule has 0 saturated carbocycles. The molecule has 0 aliphatic rings. The largest absolute Gasteiger partial charge is 0.487 e. The second kappa shape index (κ2) is 11.1. The molecule has 0 spiro atoms. The Morgan fingerprint density at radius 2 is 1.89 bits per heavy atom. The van der Waals surface area contributed by atoms with Crippen LogP contribution in [-0.2, 0) is 27.6 Å². The Morgan fingerprint density at radius 3 is 2.44 bits per heavy atom. The Morgan fingerprint density at radius 1 is 1.19 bits per heavy atom. The molecule has 1 N–H and O–H groups in total. The number of aromatic nitrogens is 1. The number of hydrogen-bond donors (Lipinski definition) is 1. The molecule has 1 aromatic heterocycles. The molecule has 0 bridgehead atoms. The Bertz CT molecular complexity index is 1320. The van der Waals surface area contributed by atoms with Crippen LogP contribution >= 0.6 is 11.3 Å². The van der Waals surface area contributed by atoms with Crippen LogP contribution in [0.3, 0.4) is 0 Å². The molecule has 12 heteroatoms. The van der Waals surface area contributed by atoms with E-state index in [9.17, 15) is 26.4 Å². The average molecular weight is 541 g/mol. The van der Waals surface area contributed by atoms with E-state index < -0.39 is 27.7 Å². The number of aliphatic carboxylic acids is 1. The third kappa shape index (κ3) is 6.85. The molecule has 3 rings (SSSR count). The van der Waals surface area contributed by atoms with Crippen LogP contribution in [0.5, 0.6) is 5.75 Å². The minimum Gasteiger partial charge on any atom is -0.487 e. The van der Waals surface area contributed by atoms with E-state index in [2.05, 4.69) is 4.98 Å². The molecule has 0 radical (unpaired) electrons. The second-order valence-electron chi connectivity index (χ2n) is 8.11. The van der Waals surface area contributed by atoms with E-state index in [1.165, 1.54) is 17.7 Å². The number of carboxylic acids is 1. The summed E-state index contributed by atoms with van der Waals surface area (Å²) in [6.45, 7) is 3.42. The number of sulfonamides is 1. The fourth-order valence-electron chi connectivity index (χ4n) is 3.16. The Kier molecular flexibility index (Phi) is 8.41. The number of halogens is 3. The first-order valence-electron chi connectivity index (χ1n) is 10.6. The van der Waals surface area contributed by atoms with Crippen LogP contribution < -0.4 is 9.04 Å². The fourth-order valence-corrected chi connectivity index (χ4v) is 5.72. The zero-order valence-electron chi connectivity index (χ0n) is 19.3. The monoisotopic (exact) mass is 540 g/mol. The molecule has 0 atom stereocenters. The fraction of sp³-hybridized carbons (Fsp3) is 0.250. The lowest BCUT2D eigenvalue weighted by Gasteiger charge is -2.27. The molecular weight excluding hydrogens is 517 g/mol. The van der Waals surface area contributed by atoms with Crippen LogP contribution in [-0.4, -0.2) is 31.0 Å². The number of nitrogens with zero attached hydrogens (tertiary/aromatic N) is 2. The van der Waals surface area contributed by atoms with Crippen molar-refractivity contribution < 1.29 is 36.2 Å². The first-order chi connectivity index (χ1) is 16.9. The summed E-state index contributed by atoms with van der Waals surface area (Å²) in [6, 6.07) is 9.21. The van der Waals surface area contributed by atoms with Crippen molar-refractivity contribution in [2.75, 3.05) is 10.8 Å². The lowest BCUT2D eigenvalue weighted by Crippen LogP contribution is -2.34. The maximum atomic E-state index is 13.5. The SMILES string of the molecule is CC(C)CN(c1ccc(C(F)(F)F)cc1OCc1ccc(/C=C/C(=O)O)cc1)S(=O)(=O)c1nccs1. The molecule has 192 valence electrons. The zero-order valence-corrected chi connectivity index (χ0v) is 20.9. The maximum Gasteiger partial charge on any atom is 0.416 e. The first-order valence-corrected chi connectivity index (χ1v) is 13.0. The van der Waals surface area contributed by atoms with E-state index in [0.717, 1.165) is 39.9 Å². The van der Waals surface area contributed by atoms with Gasteiger partial charge in [-0.15, -0.1) is 11.3 Å². The van der Waals surface area contributed by atoms with Crippen molar-refractivity contribution >= 4 is 39.1 Å². The van der Waals surface area contributed by atoms with Crippen LogP contribution in [0.15, 0.2) is 64.5 Å². The second-order valence-corrected chi connectivity index (χ2v) is 11.0. The number of carbonyl (C=O) groups is 1. The van der Waals surface area contributed by atoms with E-state index in [0.29, 0.717) is 11.1 Å². The molecule has 0 fully saturated rings. The Balaban J connectivity index is 1.99. The van der Waals surface area contributed by atoms with E-state index in [1.54, 1.807) is 38.1 Å². The smallest absolute Gasteiger partial charge is 0.416 e. The Labute approximate surface area is 210 Å². The number of benzene rings is 2. The standard InChI is InChI=1S/C24H23F3N2O5S2/c1-16(2)14-29(36(32,33)23-28-11-12-35-23)20-9-8-19(24(25,26)27)13-21(20)34-15-18-5-3-17(4-6-18)7-10-22(30)31/h3-13,16H,14-15H2,1-2H3,(H,30,31)/b10-7+. The van der Waals surface area contributed by atoms with Crippen molar-refractivity contribution in [3.8, 4) is 5.75 Å². The predicted octanol–water partition coefficient (Wildman–Crippen LogP) is 5.69. The van der Waals surface area contributed by atoms with E-state index in [1.807, 2.05) is 0 Å². The molecule has 1 heterocycles. The highest BCUT2D eigenvalue weighted by atomic mass is 32.2. The van der Waals surface area contributed by atoms with Crippen molar-refractivity contribution in [3.63, 3.8) is 0 Å².